The Morgan fingerprint density at radius 3 is 2.45 bits per heavy atom. The monoisotopic (exact) mass is 310 g/mol. The molecule has 0 spiro atoms. The Balaban J connectivity index is 1.89. The van der Waals surface area contributed by atoms with E-state index < -0.39 is 0 Å². The summed E-state index contributed by atoms with van der Waals surface area (Å²) >= 11 is 1.68. The number of phenolic OH excluding ortho intramolecular Hbond substituents is 1. The van der Waals surface area contributed by atoms with Crippen LogP contribution in [0.2, 0.25) is 0 Å². The molecule has 1 aliphatic heterocycles. The van der Waals surface area contributed by atoms with Gasteiger partial charge in [-0.1, -0.05) is 36.4 Å². The summed E-state index contributed by atoms with van der Waals surface area (Å²) in [4.78, 5) is 1.18. The number of fused-ring (bicyclic) bond motifs is 1. The lowest BCUT2D eigenvalue weighted by atomic mass is 9.89. The SMILES string of the molecule is Oc1cc2c(cc1[C@H](c1ccccc1)c1cccs1)OCO2. The van der Waals surface area contributed by atoms with Gasteiger partial charge in [0.2, 0.25) is 6.79 Å². The average molecular weight is 310 g/mol. The van der Waals surface area contributed by atoms with Crippen LogP contribution in [0.25, 0.3) is 0 Å². The van der Waals surface area contributed by atoms with Gasteiger partial charge in [0.25, 0.3) is 0 Å². The van der Waals surface area contributed by atoms with Gasteiger partial charge in [0.1, 0.15) is 5.75 Å². The molecule has 3 aromatic rings. The zero-order valence-electron chi connectivity index (χ0n) is 11.7. The minimum absolute atomic E-state index is 0.0179. The first-order chi connectivity index (χ1) is 10.8. The topological polar surface area (TPSA) is 38.7 Å². The Hall–Kier alpha value is -2.46. The average Bonchev–Trinajstić information content (AvgIpc) is 3.20. The Morgan fingerprint density at radius 2 is 1.73 bits per heavy atom. The number of aromatic hydroxyl groups is 1. The molecule has 1 aromatic heterocycles. The zero-order chi connectivity index (χ0) is 14.9. The van der Waals surface area contributed by atoms with Crippen LogP contribution in [0.3, 0.4) is 0 Å². The van der Waals surface area contributed by atoms with E-state index in [1.165, 1.54) is 4.88 Å². The van der Waals surface area contributed by atoms with Crippen molar-refractivity contribution in [2.75, 3.05) is 6.79 Å². The molecule has 0 saturated carbocycles. The van der Waals surface area contributed by atoms with Crippen molar-refractivity contribution in [1.82, 2.24) is 0 Å². The van der Waals surface area contributed by atoms with E-state index in [1.807, 2.05) is 30.3 Å². The summed E-state index contributed by atoms with van der Waals surface area (Å²) in [5.41, 5.74) is 1.97. The molecule has 0 amide bonds. The van der Waals surface area contributed by atoms with Crippen LogP contribution in [0.5, 0.6) is 17.2 Å². The fourth-order valence-corrected chi connectivity index (χ4v) is 3.65. The lowest BCUT2D eigenvalue weighted by Gasteiger charge is -2.18. The van der Waals surface area contributed by atoms with Gasteiger partial charge in [-0.25, -0.2) is 0 Å². The molecule has 0 radical (unpaired) electrons. The van der Waals surface area contributed by atoms with Gasteiger partial charge in [0, 0.05) is 22.4 Å². The fourth-order valence-electron chi connectivity index (χ4n) is 2.78. The van der Waals surface area contributed by atoms with E-state index in [1.54, 1.807) is 17.4 Å². The molecular weight excluding hydrogens is 296 g/mol. The van der Waals surface area contributed by atoms with E-state index in [-0.39, 0.29) is 18.5 Å². The smallest absolute Gasteiger partial charge is 0.231 e. The highest BCUT2D eigenvalue weighted by Crippen LogP contribution is 2.45. The summed E-state index contributed by atoms with van der Waals surface area (Å²) < 4.78 is 10.8. The summed E-state index contributed by atoms with van der Waals surface area (Å²) in [6.45, 7) is 0.202. The lowest BCUT2D eigenvalue weighted by molar-refractivity contribution is 0.174. The van der Waals surface area contributed by atoms with Crippen molar-refractivity contribution < 1.29 is 14.6 Å². The number of rotatable bonds is 3. The second-order valence-electron chi connectivity index (χ2n) is 5.12. The summed E-state index contributed by atoms with van der Waals surface area (Å²) in [6, 6.07) is 17.8. The number of hydrogen-bond acceptors (Lipinski definition) is 4. The number of thiophene rings is 1. The molecular formula is C18H14O3S. The maximum absolute atomic E-state index is 10.5. The number of hydrogen-bond donors (Lipinski definition) is 1. The molecule has 2 aromatic carbocycles. The summed E-state index contributed by atoms with van der Waals surface area (Å²) in [5, 5.41) is 12.5. The highest BCUT2D eigenvalue weighted by molar-refractivity contribution is 7.10. The van der Waals surface area contributed by atoms with E-state index in [0.717, 1.165) is 11.1 Å². The minimum atomic E-state index is -0.0179. The first-order valence-corrected chi connectivity index (χ1v) is 7.92. The molecule has 0 saturated heterocycles. The van der Waals surface area contributed by atoms with E-state index in [0.29, 0.717) is 11.5 Å². The third-order valence-corrected chi connectivity index (χ3v) is 4.73. The Bertz CT molecular complexity index is 782. The van der Waals surface area contributed by atoms with Crippen molar-refractivity contribution in [2.24, 2.45) is 0 Å². The van der Waals surface area contributed by atoms with Gasteiger partial charge in [0.05, 0.1) is 0 Å². The summed E-state index contributed by atoms with van der Waals surface area (Å²) in [6.07, 6.45) is 0. The van der Waals surface area contributed by atoms with Gasteiger partial charge in [0.15, 0.2) is 11.5 Å². The molecule has 22 heavy (non-hydrogen) atoms. The first kappa shape index (κ1) is 13.2. The molecule has 4 rings (SSSR count). The predicted octanol–water partition coefficient (Wildman–Crippen LogP) is 4.36. The van der Waals surface area contributed by atoms with E-state index in [9.17, 15) is 5.11 Å². The van der Waals surface area contributed by atoms with Crippen LogP contribution in [0.1, 0.15) is 21.9 Å². The molecule has 110 valence electrons. The maximum atomic E-state index is 10.5. The molecule has 2 heterocycles. The van der Waals surface area contributed by atoms with Crippen molar-refractivity contribution in [3.63, 3.8) is 0 Å². The summed E-state index contributed by atoms with van der Waals surface area (Å²) in [7, 11) is 0. The Labute approximate surface area is 132 Å². The lowest BCUT2D eigenvalue weighted by Crippen LogP contribution is -2.02. The van der Waals surface area contributed by atoms with Gasteiger partial charge in [-0.05, 0) is 23.1 Å². The van der Waals surface area contributed by atoms with E-state index in [4.69, 9.17) is 9.47 Å². The van der Waals surface area contributed by atoms with Crippen LogP contribution in [0, 0.1) is 0 Å². The molecule has 4 heteroatoms. The normalized spacial score (nSPS) is 14.0. The summed E-state index contributed by atoms with van der Waals surface area (Å²) in [5.74, 6) is 1.49. The molecule has 1 N–H and O–H groups in total. The van der Waals surface area contributed by atoms with Gasteiger partial charge < -0.3 is 14.6 Å². The molecule has 0 fully saturated rings. The predicted molar refractivity (Wildman–Crippen MR) is 85.9 cm³/mol. The third kappa shape index (κ3) is 2.22. The molecule has 1 aliphatic rings. The first-order valence-electron chi connectivity index (χ1n) is 7.04. The molecule has 1 atom stereocenters. The highest BCUT2D eigenvalue weighted by atomic mass is 32.1. The Kier molecular flexibility index (Phi) is 3.24. The second kappa shape index (κ2) is 5.39. The second-order valence-corrected chi connectivity index (χ2v) is 6.10. The fraction of sp³-hybridized carbons (Fsp3) is 0.111. The van der Waals surface area contributed by atoms with E-state index >= 15 is 0 Å². The van der Waals surface area contributed by atoms with Gasteiger partial charge in [-0.2, -0.15) is 0 Å². The standard InChI is InChI=1S/C18H14O3S/c19-14-10-16-15(20-11-21-16)9-13(14)18(17-7-4-8-22-17)12-5-2-1-3-6-12/h1-10,18-19H,11H2/t18-/m0/s1. The number of ether oxygens (including phenoxy) is 2. The van der Waals surface area contributed by atoms with Crippen molar-refractivity contribution in [1.29, 1.82) is 0 Å². The largest absolute Gasteiger partial charge is 0.507 e. The Morgan fingerprint density at radius 1 is 0.955 bits per heavy atom. The van der Waals surface area contributed by atoms with Crippen LogP contribution in [-0.4, -0.2) is 11.9 Å². The van der Waals surface area contributed by atoms with Gasteiger partial charge in [-0.3, -0.25) is 0 Å². The molecule has 0 aliphatic carbocycles. The van der Waals surface area contributed by atoms with Gasteiger partial charge in [-0.15, -0.1) is 11.3 Å². The highest BCUT2D eigenvalue weighted by Gasteiger charge is 2.25. The number of phenols is 1. The maximum Gasteiger partial charge on any atom is 0.231 e. The van der Waals surface area contributed by atoms with Crippen LogP contribution in [0.15, 0.2) is 60.0 Å². The molecule has 3 nitrogen and oxygen atoms in total. The van der Waals surface area contributed by atoms with Crippen LogP contribution >= 0.6 is 11.3 Å². The quantitative estimate of drug-likeness (QED) is 0.781. The third-order valence-electron chi connectivity index (χ3n) is 3.79. The number of benzene rings is 2. The van der Waals surface area contributed by atoms with Crippen molar-refractivity contribution in [3.05, 3.63) is 76.0 Å². The van der Waals surface area contributed by atoms with E-state index in [2.05, 4.69) is 23.6 Å². The van der Waals surface area contributed by atoms with Crippen LogP contribution in [-0.2, 0) is 0 Å². The minimum Gasteiger partial charge on any atom is -0.507 e. The van der Waals surface area contributed by atoms with Crippen LogP contribution in [0.4, 0.5) is 0 Å². The van der Waals surface area contributed by atoms with Crippen molar-refractivity contribution >= 4 is 11.3 Å². The van der Waals surface area contributed by atoms with Crippen molar-refractivity contribution in [3.8, 4) is 17.2 Å². The zero-order valence-corrected chi connectivity index (χ0v) is 12.5. The van der Waals surface area contributed by atoms with Crippen LogP contribution < -0.4 is 9.47 Å². The van der Waals surface area contributed by atoms with Gasteiger partial charge >= 0.3 is 0 Å². The molecule has 0 bridgehead atoms. The van der Waals surface area contributed by atoms with Crippen molar-refractivity contribution in [2.45, 2.75) is 5.92 Å². The molecule has 0 unspecified atom stereocenters.